The number of H-pyrrole nitrogens is 1. The second-order valence-corrected chi connectivity index (χ2v) is 6.61. The number of aromatic nitrogens is 4. The van der Waals surface area contributed by atoms with Gasteiger partial charge in [0.2, 0.25) is 0 Å². The number of hydrogen-bond acceptors (Lipinski definition) is 5. The highest BCUT2D eigenvalue weighted by molar-refractivity contribution is 5.94. The number of hydrogen-bond donors (Lipinski definition) is 1. The van der Waals surface area contributed by atoms with Gasteiger partial charge in [-0.2, -0.15) is 5.10 Å². The number of carbonyl (C=O) groups is 1. The third kappa shape index (κ3) is 4.42. The number of nitrogens with zero attached hydrogens (tertiary/aromatic N) is 5. The van der Waals surface area contributed by atoms with Crippen LogP contribution in [0.3, 0.4) is 0 Å². The van der Waals surface area contributed by atoms with E-state index in [1.807, 2.05) is 37.8 Å². The van der Waals surface area contributed by atoms with Crippen LogP contribution in [0.25, 0.3) is 0 Å². The minimum atomic E-state index is 0.100. The van der Waals surface area contributed by atoms with E-state index in [9.17, 15) is 4.79 Å². The maximum absolute atomic E-state index is 12.8. The number of aromatic amines is 1. The van der Waals surface area contributed by atoms with Crippen molar-refractivity contribution in [1.29, 1.82) is 0 Å². The van der Waals surface area contributed by atoms with Crippen molar-refractivity contribution in [3.05, 3.63) is 40.7 Å². The summed E-state index contributed by atoms with van der Waals surface area (Å²) in [6, 6.07) is 3.75. The fourth-order valence-corrected chi connectivity index (χ4v) is 3.25. The van der Waals surface area contributed by atoms with Crippen molar-refractivity contribution in [3.8, 4) is 0 Å². The van der Waals surface area contributed by atoms with Crippen LogP contribution in [-0.4, -0.2) is 62.1 Å². The highest BCUT2D eigenvalue weighted by Gasteiger charge is 2.21. The second kappa shape index (κ2) is 7.74. The van der Waals surface area contributed by atoms with Gasteiger partial charge in [0.25, 0.3) is 5.91 Å². The normalized spacial score (nSPS) is 16.0. The largest absolute Gasteiger partial charge is 0.337 e. The van der Waals surface area contributed by atoms with Crippen molar-refractivity contribution in [2.75, 3.05) is 26.2 Å². The molecule has 1 saturated heterocycles. The molecule has 3 rings (SSSR count). The van der Waals surface area contributed by atoms with Gasteiger partial charge in [-0.15, -0.1) is 0 Å². The summed E-state index contributed by atoms with van der Waals surface area (Å²) in [5.74, 6) is 1.85. The summed E-state index contributed by atoms with van der Waals surface area (Å²) in [7, 11) is 0. The Balaban J connectivity index is 1.61. The van der Waals surface area contributed by atoms with Crippen molar-refractivity contribution in [2.24, 2.45) is 0 Å². The highest BCUT2D eigenvalue weighted by Crippen LogP contribution is 2.12. The Morgan fingerprint density at radius 2 is 1.88 bits per heavy atom. The molecule has 0 saturated carbocycles. The number of nitrogens with one attached hydrogen (secondary N) is 1. The Hall–Kier alpha value is -2.28. The average Bonchev–Trinajstić information content (AvgIpc) is 2.90. The fraction of sp³-hybridized carbons (Fsp3) is 0.556. The zero-order valence-electron chi connectivity index (χ0n) is 15.2. The first-order valence-electron chi connectivity index (χ1n) is 8.92. The van der Waals surface area contributed by atoms with Gasteiger partial charge >= 0.3 is 0 Å². The molecule has 0 unspecified atom stereocenters. The van der Waals surface area contributed by atoms with Crippen LogP contribution >= 0.6 is 0 Å². The molecule has 0 radical (unpaired) electrons. The standard InChI is InChI=1S/C18H26N6O/c1-4-16-20-17(22-21-16)12-23-6-5-7-24(9-8-23)18(25)15-10-13(2)19-14(3)11-15/h10-11H,4-9,12H2,1-3H3,(H,20,21,22). The third-order valence-corrected chi connectivity index (χ3v) is 4.47. The molecule has 7 nitrogen and oxygen atoms in total. The third-order valence-electron chi connectivity index (χ3n) is 4.47. The highest BCUT2D eigenvalue weighted by atomic mass is 16.2. The first-order valence-corrected chi connectivity index (χ1v) is 8.92. The van der Waals surface area contributed by atoms with E-state index < -0.39 is 0 Å². The predicted octanol–water partition coefficient (Wildman–Crippen LogP) is 1.73. The van der Waals surface area contributed by atoms with Gasteiger partial charge in [-0.25, -0.2) is 4.98 Å². The average molecular weight is 342 g/mol. The van der Waals surface area contributed by atoms with Gasteiger partial charge in [0.15, 0.2) is 0 Å². The maximum Gasteiger partial charge on any atom is 0.254 e. The maximum atomic E-state index is 12.8. The Morgan fingerprint density at radius 3 is 2.56 bits per heavy atom. The molecular weight excluding hydrogens is 316 g/mol. The number of carbonyl (C=O) groups excluding carboxylic acids is 1. The molecule has 3 heterocycles. The smallest absolute Gasteiger partial charge is 0.254 e. The lowest BCUT2D eigenvalue weighted by atomic mass is 10.1. The summed E-state index contributed by atoms with van der Waals surface area (Å²) in [5.41, 5.74) is 2.51. The Labute approximate surface area is 148 Å². The van der Waals surface area contributed by atoms with Crippen molar-refractivity contribution in [1.82, 2.24) is 30.0 Å². The predicted molar refractivity (Wildman–Crippen MR) is 95.3 cm³/mol. The summed E-state index contributed by atoms with van der Waals surface area (Å²) in [6.07, 6.45) is 1.80. The van der Waals surface area contributed by atoms with E-state index in [4.69, 9.17) is 0 Å². The van der Waals surface area contributed by atoms with Gasteiger partial charge in [0.1, 0.15) is 11.6 Å². The number of amides is 1. The summed E-state index contributed by atoms with van der Waals surface area (Å²) < 4.78 is 0. The quantitative estimate of drug-likeness (QED) is 0.915. The van der Waals surface area contributed by atoms with E-state index in [2.05, 4.69) is 25.1 Å². The SMILES string of the molecule is CCc1n[nH]c(CN2CCCN(C(=O)c3cc(C)nc(C)c3)CC2)n1. The Morgan fingerprint density at radius 1 is 1.12 bits per heavy atom. The van der Waals surface area contributed by atoms with Gasteiger partial charge in [-0.1, -0.05) is 6.92 Å². The van der Waals surface area contributed by atoms with E-state index in [1.165, 1.54) is 0 Å². The topological polar surface area (TPSA) is 78.0 Å². The Bertz CT molecular complexity index is 721. The summed E-state index contributed by atoms with van der Waals surface area (Å²) in [4.78, 5) is 25.9. The summed E-state index contributed by atoms with van der Waals surface area (Å²) >= 11 is 0. The molecule has 7 heteroatoms. The molecule has 2 aromatic rings. The van der Waals surface area contributed by atoms with Crippen LogP contribution in [0.2, 0.25) is 0 Å². The van der Waals surface area contributed by atoms with E-state index in [-0.39, 0.29) is 5.91 Å². The van der Waals surface area contributed by atoms with E-state index in [0.717, 1.165) is 74.2 Å². The molecule has 1 aliphatic rings. The van der Waals surface area contributed by atoms with Crippen LogP contribution in [-0.2, 0) is 13.0 Å². The molecule has 2 aromatic heterocycles. The monoisotopic (exact) mass is 342 g/mol. The number of pyridine rings is 1. The molecule has 134 valence electrons. The van der Waals surface area contributed by atoms with Gasteiger partial charge in [-0.3, -0.25) is 19.8 Å². The lowest BCUT2D eigenvalue weighted by Crippen LogP contribution is -2.35. The second-order valence-electron chi connectivity index (χ2n) is 6.61. The minimum absolute atomic E-state index is 0.100. The fourth-order valence-electron chi connectivity index (χ4n) is 3.25. The van der Waals surface area contributed by atoms with Crippen molar-refractivity contribution >= 4 is 5.91 Å². The summed E-state index contributed by atoms with van der Waals surface area (Å²) in [6.45, 7) is 9.97. The van der Waals surface area contributed by atoms with Gasteiger partial charge in [0.05, 0.1) is 6.54 Å². The molecular formula is C18H26N6O. The zero-order chi connectivity index (χ0) is 17.8. The van der Waals surface area contributed by atoms with E-state index in [0.29, 0.717) is 0 Å². The summed E-state index contributed by atoms with van der Waals surface area (Å²) in [5, 5.41) is 7.20. The van der Waals surface area contributed by atoms with Gasteiger partial charge in [-0.05, 0) is 32.4 Å². The first kappa shape index (κ1) is 17.5. The molecule has 1 amide bonds. The minimum Gasteiger partial charge on any atom is -0.337 e. The molecule has 1 aliphatic heterocycles. The van der Waals surface area contributed by atoms with Crippen LogP contribution in [0, 0.1) is 13.8 Å². The van der Waals surface area contributed by atoms with Crippen LogP contribution < -0.4 is 0 Å². The van der Waals surface area contributed by atoms with E-state index in [1.54, 1.807) is 0 Å². The molecule has 0 spiro atoms. The molecule has 0 aliphatic carbocycles. The van der Waals surface area contributed by atoms with Crippen LogP contribution in [0.1, 0.15) is 46.7 Å². The molecule has 1 fully saturated rings. The van der Waals surface area contributed by atoms with E-state index >= 15 is 0 Å². The van der Waals surface area contributed by atoms with Crippen molar-refractivity contribution in [3.63, 3.8) is 0 Å². The lowest BCUT2D eigenvalue weighted by Gasteiger charge is -2.21. The lowest BCUT2D eigenvalue weighted by molar-refractivity contribution is 0.0760. The van der Waals surface area contributed by atoms with Crippen LogP contribution in [0.15, 0.2) is 12.1 Å². The molecule has 0 bridgehead atoms. The van der Waals surface area contributed by atoms with Crippen molar-refractivity contribution < 1.29 is 4.79 Å². The van der Waals surface area contributed by atoms with Crippen LogP contribution in [0.5, 0.6) is 0 Å². The van der Waals surface area contributed by atoms with Crippen LogP contribution in [0.4, 0.5) is 0 Å². The van der Waals surface area contributed by atoms with Gasteiger partial charge in [0, 0.05) is 49.6 Å². The Kier molecular flexibility index (Phi) is 5.43. The molecule has 0 aromatic carbocycles. The molecule has 1 N–H and O–H groups in total. The molecule has 25 heavy (non-hydrogen) atoms. The number of aryl methyl sites for hydroxylation is 3. The first-order chi connectivity index (χ1) is 12.0. The van der Waals surface area contributed by atoms with Gasteiger partial charge < -0.3 is 4.90 Å². The van der Waals surface area contributed by atoms with Crippen molar-refractivity contribution in [2.45, 2.75) is 40.2 Å². The zero-order valence-corrected chi connectivity index (χ0v) is 15.2. The number of rotatable bonds is 4. The molecule has 0 atom stereocenters.